The summed E-state index contributed by atoms with van der Waals surface area (Å²) in [5, 5.41) is 0.222. The lowest BCUT2D eigenvalue weighted by Crippen LogP contribution is -2.10. The third kappa shape index (κ3) is 3.05. The van der Waals surface area contributed by atoms with Crippen LogP contribution >= 0.6 is 11.6 Å². The monoisotopic (exact) mass is 316 g/mol. The van der Waals surface area contributed by atoms with Crippen LogP contribution in [0.15, 0.2) is 36.4 Å². The molecule has 1 aliphatic rings. The molecule has 0 aliphatic heterocycles. The van der Waals surface area contributed by atoms with E-state index in [1.54, 1.807) is 13.0 Å². The second-order valence-electron chi connectivity index (χ2n) is 6.64. The average molecular weight is 317 g/mol. The number of benzene rings is 2. The largest absolute Gasteiger partial charge is 0.205 e. The van der Waals surface area contributed by atoms with E-state index in [9.17, 15) is 4.39 Å². The van der Waals surface area contributed by atoms with Gasteiger partial charge in [-0.1, -0.05) is 67.8 Å². The number of rotatable bonds is 2. The summed E-state index contributed by atoms with van der Waals surface area (Å²) in [6.07, 6.45) is 5.20. The van der Waals surface area contributed by atoms with E-state index in [1.807, 2.05) is 6.07 Å². The topological polar surface area (TPSA) is 0 Å². The Morgan fingerprint density at radius 1 is 0.955 bits per heavy atom. The summed E-state index contributed by atoms with van der Waals surface area (Å²) in [5.41, 5.74) is 3.74. The summed E-state index contributed by atoms with van der Waals surface area (Å²) in [7, 11) is 0. The molecule has 0 heterocycles. The number of hydrogen-bond acceptors (Lipinski definition) is 0. The molecule has 0 unspecified atom stereocenters. The van der Waals surface area contributed by atoms with Gasteiger partial charge in [-0.05, 0) is 48.3 Å². The van der Waals surface area contributed by atoms with Gasteiger partial charge in [-0.25, -0.2) is 4.39 Å². The highest BCUT2D eigenvalue weighted by molar-refractivity contribution is 6.33. The summed E-state index contributed by atoms with van der Waals surface area (Å²) in [4.78, 5) is 0. The van der Waals surface area contributed by atoms with E-state index in [4.69, 9.17) is 11.6 Å². The first-order chi connectivity index (χ1) is 10.6. The van der Waals surface area contributed by atoms with Gasteiger partial charge in [0.05, 0.1) is 5.02 Å². The molecule has 2 aromatic carbocycles. The molecule has 0 N–H and O–H groups in total. The van der Waals surface area contributed by atoms with Gasteiger partial charge in [0.15, 0.2) is 0 Å². The SMILES string of the molecule is Cc1ccc(-c2ccc(C3CCC(C)CC3)cc2)c(Cl)c1F. The molecule has 2 heteroatoms. The van der Waals surface area contributed by atoms with Gasteiger partial charge >= 0.3 is 0 Å². The Morgan fingerprint density at radius 2 is 1.59 bits per heavy atom. The van der Waals surface area contributed by atoms with E-state index < -0.39 is 0 Å². The molecule has 116 valence electrons. The Hall–Kier alpha value is -1.34. The predicted octanol–water partition coefficient (Wildman–Crippen LogP) is 6.75. The van der Waals surface area contributed by atoms with Crippen molar-refractivity contribution in [1.82, 2.24) is 0 Å². The van der Waals surface area contributed by atoms with Crippen molar-refractivity contribution in [2.24, 2.45) is 5.92 Å². The highest BCUT2D eigenvalue weighted by atomic mass is 35.5. The lowest BCUT2D eigenvalue weighted by Gasteiger charge is -2.26. The zero-order chi connectivity index (χ0) is 15.7. The van der Waals surface area contributed by atoms with Gasteiger partial charge in [0, 0.05) is 5.56 Å². The molecule has 0 nitrogen and oxygen atoms in total. The molecule has 0 atom stereocenters. The van der Waals surface area contributed by atoms with E-state index in [0.29, 0.717) is 11.5 Å². The smallest absolute Gasteiger partial charge is 0.145 e. The molecular weight excluding hydrogens is 295 g/mol. The molecule has 0 bridgehead atoms. The summed E-state index contributed by atoms with van der Waals surface area (Å²) in [5.74, 6) is 1.23. The average Bonchev–Trinajstić information content (AvgIpc) is 2.54. The first-order valence-corrected chi connectivity index (χ1v) is 8.49. The summed E-state index contributed by atoms with van der Waals surface area (Å²) >= 11 is 6.16. The quantitative estimate of drug-likeness (QED) is 0.575. The molecule has 1 fully saturated rings. The van der Waals surface area contributed by atoms with E-state index in [-0.39, 0.29) is 10.8 Å². The Bertz CT molecular complexity index is 652. The maximum absolute atomic E-state index is 14.0. The van der Waals surface area contributed by atoms with Crippen LogP contribution in [0, 0.1) is 18.7 Å². The summed E-state index contributed by atoms with van der Waals surface area (Å²) < 4.78 is 14.0. The first kappa shape index (κ1) is 15.6. The van der Waals surface area contributed by atoms with Crippen LogP contribution in [-0.4, -0.2) is 0 Å². The predicted molar refractivity (Wildman–Crippen MR) is 92.0 cm³/mol. The van der Waals surface area contributed by atoms with Crippen LogP contribution in [0.3, 0.4) is 0 Å². The first-order valence-electron chi connectivity index (χ1n) is 8.11. The standard InChI is InChI=1S/C20H22ClF/c1-13-3-6-15(7-4-13)16-8-10-17(11-9-16)18-12-5-14(2)20(22)19(18)21/h5,8-13,15H,3-4,6-7H2,1-2H3. The number of hydrogen-bond donors (Lipinski definition) is 0. The van der Waals surface area contributed by atoms with Crippen molar-refractivity contribution in [1.29, 1.82) is 0 Å². The molecule has 1 saturated carbocycles. The van der Waals surface area contributed by atoms with E-state index in [2.05, 4.69) is 31.2 Å². The molecule has 1 aliphatic carbocycles. The lowest BCUT2D eigenvalue weighted by atomic mass is 9.79. The Balaban J connectivity index is 1.84. The number of aryl methyl sites for hydroxylation is 1. The van der Waals surface area contributed by atoms with Crippen molar-refractivity contribution in [2.75, 3.05) is 0 Å². The van der Waals surface area contributed by atoms with Crippen LogP contribution in [0.25, 0.3) is 11.1 Å². The molecule has 22 heavy (non-hydrogen) atoms. The van der Waals surface area contributed by atoms with E-state index in [0.717, 1.165) is 17.0 Å². The second-order valence-corrected chi connectivity index (χ2v) is 7.01. The normalized spacial score (nSPS) is 21.8. The zero-order valence-corrected chi connectivity index (χ0v) is 14.0. The molecule has 0 spiro atoms. The van der Waals surface area contributed by atoms with Crippen LogP contribution < -0.4 is 0 Å². The minimum atomic E-state index is -0.315. The van der Waals surface area contributed by atoms with Gasteiger partial charge in [0.1, 0.15) is 5.82 Å². The third-order valence-electron chi connectivity index (χ3n) is 4.98. The van der Waals surface area contributed by atoms with E-state index >= 15 is 0 Å². The fourth-order valence-corrected chi connectivity index (χ4v) is 3.72. The lowest BCUT2D eigenvalue weighted by molar-refractivity contribution is 0.348. The van der Waals surface area contributed by atoms with Crippen molar-refractivity contribution in [2.45, 2.75) is 45.4 Å². The minimum absolute atomic E-state index is 0.222. The highest BCUT2D eigenvalue weighted by Crippen LogP contribution is 2.37. The van der Waals surface area contributed by atoms with Crippen molar-refractivity contribution >= 4 is 11.6 Å². The summed E-state index contributed by atoms with van der Waals surface area (Å²) in [6, 6.07) is 12.2. The van der Waals surface area contributed by atoms with Crippen molar-refractivity contribution in [3.8, 4) is 11.1 Å². The Labute approximate surface area is 137 Å². The highest BCUT2D eigenvalue weighted by Gasteiger charge is 2.19. The van der Waals surface area contributed by atoms with Gasteiger partial charge in [-0.3, -0.25) is 0 Å². The van der Waals surface area contributed by atoms with Crippen LogP contribution in [0.4, 0.5) is 4.39 Å². The number of halogens is 2. The molecule has 0 radical (unpaired) electrons. The van der Waals surface area contributed by atoms with Gasteiger partial charge in [0.25, 0.3) is 0 Å². The van der Waals surface area contributed by atoms with Crippen LogP contribution in [0.2, 0.25) is 5.02 Å². The van der Waals surface area contributed by atoms with Crippen molar-refractivity contribution < 1.29 is 4.39 Å². The fourth-order valence-electron chi connectivity index (χ4n) is 3.40. The fraction of sp³-hybridized carbons (Fsp3) is 0.400. The molecule has 0 amide bonds. The van der Waals surface area contributed by atoms with Crippen LogP contribution in [0.5, 0.6) is 0 Å². The Morgan fingerprint density at radius 3 is 2.23 bits per heavy atom. The maximum Gasteiger partial charge on any atom is 0.145 e. The van der Waals surface area contributed by atoms with Crippen LogP contribution in [-0.2, 0) is 0 Å². The van der Waals surface area contributed by atoms with Crippen molar-refractivity contribution in [3.63, 3.8) is 0 Å². The van der Waals surface area contributed by atoms with Gasteiger partial charge in [-0.15, -0.1) is 0 Å². The summed E-state index contributed by atoms with van der Waals surface area (Å²) in [6.45, 7) is 4.07. The van der Waals surface area contributed by atoms with Crippen molar-refractivity contribution in [3.05, 3.63) is 58.4 Å². The van der Waals surface area contributed by atoms with Gasteiger partial charge < -0.3 is 0 Å². The molecule has 2 aromatic rings. The zero-order valence-electron chi connectivity index (χ0n) is 13.2. The van der Waals surface area contributed by atoms with E-state index in [1.165, 1.54) is 31.2 Å². The molecule has 0 saturated heterocycles. The maximum atomic E-state index is 14.0. The Kier molecular flexibility index (Phi) is 4.54. The second kappa shape index (κ2) is 6.42. The van der Waals surface area contributed by atoms with Gasteiger partial charge in [0.2, 0.25) is 0 Å². The molecule has 3 rings (SSSR count). The van der Waals surface area contributed by atoms with Gasteiger partial charge in [-0.2, -0.15) is 0 Å². The molecule has 0 aromatic heterocycles. The van der Waals surface area contributed by atoms with Crippen LogP contribution in [0.1, 0.15) is 49.7 Å². The third-order valence-corrected chi connectivity index (χ3v) is 5.35. The molecular formula is C20H22ClF. The minimum Gasteiger partial charge on any atom is -0.205 e.